The number of aromatic nitrogens is 1. The summed E-state index contributed by atoms with van der Waals surface area (Å²) >= 11 is 1.76. The number of nitrogens with zero attached hydrogens (tertiary/aromatic N) is 3. The van der Waals surface area contributed by atoms with Crippen molar-refractivity contribution in [3.8, 4) is 11.3 Å². The van der Waals surface area contributed by atoms with Gasteiger partial charge in [0.15, 0.2) is 0 Å². The van der Waals surface area contributed by atoms with Crippen molar-refractivity contribution in [1.29, 1.82) is 0 Å². The summed E-state index contributed by atoms with van der Waals surface area (Å²) in [6, 6.07) is 22.8. The third-order valence-corrected chi connectivity index (χ3v) is 7.82. The number of carbonyl (C=O) groups is 1. The number of hydrogen-bond acceptors (Lipinski definition) is 4. The molecule has 4 aromatic rings. The largest absolute Gasteiger partial charge is 0.464 e. The van der Waals surface area contributed by atoms with Crippen LogP contribution in [-0.2, 0) is 5.41 Å². The molecule has 0 unspecified atom stereocenters. The van der Waals surface area contributed by atoms with Gasteiger partial charge in [0.05, 0.1) is 22.6 Å². The van der Waals surface area contributed by atoms with Gasteiger partial charge in [0.1, 0.15) is 0 Å². The number of hydrogen-bond donors (Lipinski definition) is 1. The molecule has 1 aliphatic heterocycles. The van der Waals surface area contributed by atoms with Gasteiger partial charge in [-0.15, -0.1) is 0 Å². The van der Waals surface area contributed by atoms with Gasteiger partial charge in [-0.3, -0.25) is 0 Å². The number of carboxylic acid groups (broad SMARTS) is 1. The van der Waals surface area contributed by atoms with E-state index in [1.54, 1.807) is 11.8 Å². The second-order valence-corrected chi connectivity index (χ2v) is 11.8. The van der Waals surface area contributed by atoms with E-state index in [0.717, 1.165) is 52.1 Å². The highest BCUT2D eigenvalue weighted by Gasteiger charge is 2.30. The normalized spacial score (nSPS) is 13.2. The Kier molecular flexibility index (Phi) is 6.35. The van der Waals surface area contributed by atoms with E-state index >= 15 is 0 Å². The lowest BCUT2D eigenvalue weighted by Crippen LogP contribution is -2.25. The monoisotopic (exact) mass is 499 g/mol. The number of rotatable bonds is 5. The molecule has 0 spiro atoms. The molecule has 0 radical (unpaired) electrons. The molecule has 3 aromatic carbocycles. The van der Waals surface area contributed by atoms with E-state index in [0.29, 0.717) is 0 Å². The summed E-state index contributed by atoms with van der Waals surface area (Å²) in [6.07, 6.45) is 0.0898. The summed E-state index contributed by atoms with van der Waals surface area (Å²) in [7, 11) is 4.21. The number of para-hydroxylation sites is 2. The van der Waals surface area contributed by atoms with Crippen LogP contribution in [0.3, 0.4) is 0 Å². The third kappa shape index (κ3) is 4.29. The van der Waals surface area contributed by atoms with E-state index in [1.807, 2.05) is 24.3 Å². The zero-order chi connectivity index (χ0) is 25.6. The summed E-state index contributed by atoms with van der Waals surface area (Å²) in [5, 5.41) is 11.3. The number of benzene rings is 3. The lowest BCUT2D eigenvalue weighted by Gasteiger charge is -2.33. The van der Waals surface area contributed by atoms with Crippen molar-refractivity contribution in [2.24, 2.45) is 0 Å². The second-order valence-electron chi connectivity index (χ2n) is 10.7. The van der Waals surface area contributed by atoms with Crippen LogP contribution in [0.15, 0.2) is 76.5 Å². The number of anilines is 2. The molecule has 0 atom stereocenters. The first-order valence-electron chi connectivity index (χ1n) is 12.4. The van der Waals surface area contributed by atoms with Crippen molar-refractivity contribution in [2.75, 3.05) is 32.1 Å². The molecule has 5 rings (SSSR count). The Balaban J connectivity index is 1.69. The molecule has 1 aromatic heterocycles. The average Bonchev–Trinajstić information content (AvgIpc) is 3.19. The van der Waals surface area contributed by atoms with E-state index < -0.39 is 6.09 Å². The Bertz CT molecular complexity index is 1450. The van der Waals surface area contributed by atoms with Gasteiger partial charge in [-0.05, 0) is 68.4 Å². The van der Waals surface area contributed by atoms with Gasteiger partial charge in [0.2, 0.25) is 0 Å². The van der Waals surface area contributed by atoms with Gasteiger partial charge in [-0.1, -0.05) is 68.9 Å². The van der Waals surface area contributed by atoms with Crippen molar-refractivity contribution < 1.29 is 9.90 Å². The standard InChI is InChI=1S/C30H33N3O2S/c1-30(2,3)27-21-11-6-7-12-22(21)33(29(34)35)28(27)20-15-16-24-26(19-20)36-25-14-9-8-13-23(25)32(24)18-10-17-31(4)5/h6-9,11-16,19H,10,17-18H2,1-5H3,(H,34,35). The minimum absolute atomic E-state index is 0.233. The maximum Gasteiger partial charge on any atom is 0.416 e. The zero-order valence-corrected chi connectivity index (χ0v) is 22.4. The highest BCUT2D eigenvalue weighted by Crippen LogP contribution is 2.50. The smallest absolute Gasteiger partial charge is 0.416 e. The van der Waals surface area contributed by atoms with Crippen LogP contribution in [0.5, 0.6) is 0 Å². The molecule has 2 heterocycles. The summed E-state index contributed by atoms with van der Waals surface area (Å²) in [6.45, 7) is 8.40. The van der Waals surface area contributed by atoms with E-state index in [9.17, 15) is 9.90 Å². The second kappa shape index (κ2) is 9.34. The van der Waals surface area contributed by atoms with Gasteiger partial charge in [-0.2, -0.15) is 0 Å². The van der Waals surface area contributed by atoms with Crippen molar-refractivity contribution >= 4 is 40.1 Å². The maximum absolute atomic E-state index is 12.6. The molecule has 186 valence electrons. The molecule has 6 heteroatoms. The van der Waals surface area contributed by atoms with E-state index in [1.165, 1.54) is 20.8 Å². The van der Waals surface area contributed by atoms with Crippen LogP contribution < -0.4 is 4.90 Å². The van der Waals surface area contributed by atoms with Gasteiger partial charge >= 0.3 is 6.09 Å². The molecular formula is C30H33N3O2S. The Morgan fingerprint density at radius 1 is 0.944 bits per heavy atom. The van der Waals surface area contributed by atoms with Crippen molar-refractivity contribution in [3.05, 3.63) is 72.3 Å². The van der Waals surface area contributed by atoms with Crippen LogP contribution in [0.1, 0.15) is 32.8 Å². The van der Waals surface area contributed by atoms with E-state index in [4.69, 9.17) is 0 Å². The third-order valence-electron chi connectivity index (χ3n) is 6.70. The minimum atomic E-state index is -0.960. The topological polar surface area (TPSA) is 48.7 Å². The van der Waals surface area contributed by atoms with Crippen LogP contribution in [0, 0.1) is 0 Å². The van der Waals surface area contributed by atoms with Gasteiger partial charge in [-0.25, -0.2) is 9.36 Å². The van der Waals surface area contributed by atoms with Crippen LogP contribution in [-0.4, -0.2) is 47.9 Å². The Hall–Kier alpha value is -3.22. The fraction of sp³-hybridized carbons (Fsp3) is 0.300. The first kappa shape index (κ1) is 24.5. The molecule has 1 aliphatic rings. The van der Waals surface area contributed by atoms with Crippen molar-refractivity contribution in [2.45, 2.75) is 42.4 Å². The molecule has 1 N–H and O–H groups in total. The summed E-state index contributed by atoms with van der Waals surface area (Å²) in [5.74, 6) is 0. The maximum atomic E-state index is 12.6. The van der Waals surface area contributed by atoms with Crippen LogP contribution >= 0.6 is 11.8 Å². The first-order valence-corrected chi connectivity index (χ1v) is 13.2. The molecule has 0 saturated carbocycles. The molecule has 0 saturated heterocycles. The highest BCUT2D eigenvalue weighted by atomic mass is 32.2. The highest BCUT2D eigenvalue weighted by molar-refractivity contribution is 7.99. The minimum Gasteiger partial charge on any atom is -0.464 e. The summed E-state index contributed by atoms with van der Waals surface area (Å²) in [5.41, 5.74) is 5.65. The lowest BCUT2D eigenvalue weighted by atomic mass is 9.83. The van der Waals surface area contributed by atoms with Crippen LogP contribution in [0.25, 0.3) is 22.2 Å². The van der Waals surface area contributed by atoms with Gasteiger partial charge < -0.3 is 14.9 Å². The zero-order valence-electron chi connectivity index (χ0n) is 21.6. The fourth-order valence-electron chi connectivity index (χ4n) is 5.24. The van der Waals surface area contributed by atoms with Crippen LogP contribution in [0.2, 0.25) is 0 Å². The molecule has 0 amide bonds. The fourth-order valence-corrected chi connectivity index (χ4v) is 6.37. The Morgan fingerprint density at radius 3 is 2.36 bits per heavy atom. The number of fused-ring (bicyclic) bond motifs is 3. The lowest BCUT2D eigenvalue weighted by molar-refractivity contribution is 0.198. The summed E-state index contributed by atoms with van der Waals surface area (Å²) in [4.78, 5) is 19.6. The van der Waals surface area contributed by atoms with E-state index in [2.05, 4.69) is 87.1 Å². The molecule has 0 bridgehead atoms. The Labute approximate surface area is 217 Å². The predicted octanol–water partition coefficient (Wildman–Crippen LogP) is 7.69. The quantitative estimate of drug-likeness (QED) is 0.305. The molecule has 5 nitrogen and oxygen atoms in total. The van der Waals surface area contributed by atoms with Gasteiger partial charge in [0, 0.05) is 27.3 Å². The SMILES string of the molecule is CN(C)CCCN1c2ccccc2Sc2cc(-c3c(C(C)(C)C)c4ccccc4n3C(=O)O)ccc21. The Morgan fingerprint density at radius 2 is 1.64 bits per heavy atom. The summed E-state index contributed by atoms with van der Waals surface area (Å²) < 4.78 is 1.47. The average molecular weight is 500 g/mol. The molecular weight excluding hydrogens is 466 g/mol. The molecule has 0 fully saturated rings. The van der Waals surface area contributed by atoms with Gasteiger partial charge in [0.25, 0.3) is 0 Å². The first-order chi connectivity index (χ1) is 17.2. The molecule has 36 heavy (non-hydrogen) atoms. The van der Waals surface area contributed by atoms with Crippen molar-refractivity contribution in [1.82, 2.24) is 9.47 Å². The van der Waals surface area contributed by atoms with E-state index in [-0.39, 0.29) is 5.41 Å². The molecule has 0 aliphatic carbocycles. The van der Waals surface area contributed by atoms with Crippen LogP contribution in [0.4, 0.5) is 16.2 Å². The predicted molar refractivity (Wildman–Crippen MR) is 150 cm³/mol. The van der Waals surface area contributed by atoms with Crippen molar-refractivity contribution in [3.63, 3.8) is 0 Å².